The maximum atomic E-state index is 10.6. The monoisotopic (exact) mass is 281 g/mol. The zero-order valence-corrected chi connectivity index (χ0v) is 12.0. The molecule has 0 amide bonds. The summed E-state index contributed by atoms with van der Waals surface area (Å²) in [6.07, 6.45) is 1.27. The van der Waals surface area contributed by atoms with Gasteiger partial charge >= 0.3 is 0 Å². The van der Waals surface area contributed by atoms with Gasteiger partial charge in [0.2, 0.25) is 0 Å². The average molecular weight is 281 g/mol. The first kappa shape index (κ1) is 13.8. The van der Waals surface area contributed by atoms with E-state index in [4.69, 9.17) is 0 Å². The lowest BCUT2D eigenvalue weighted by molar-refractivity contribution is 0.132. The Morgan fingerprint density at radius 1 is 1.10 bits per heavy atom. The highest BCUT2D eigenvalue weighted by Crippen LogP contribution is 2.26. The minimum absolute atomic E-state index is 0.161. The van der Waals surface area contributed by atoms with Crippen molar-refractivity contribution in [3.63, 3.8) is 0 Å². The molecule has 4 heteroatoms. The van der Waals surface area contributed by atoms with Crippen molar-refractivity contribution in [1.29, 1.82) is 0 Å². The van der Waals surface area contributed by atoms with Gasteiger partial charge in [-0.3, -0.25) is 0 Å². The fraction of sp³-hybridized carbons (Fsp3) is 0.235. The van der Waals surface area contributed by atoms with Gasteiger partial charge in [-0.05, 0) is 24.7 Å². The van der Waals surface area contributed by atoms with E-state index >= 15 is 0 Å². The average Bonchev–Trinajstić information content (AvgIpc) is 2.93. The number of aliphatic hydroxyl groups excluding tert-OH is 1. The predicted molar refractivity (Wildman–Crippen MR) is 84.2 cm³/mol. The molecule has 0 saturated carbocycles. The molecule has 1 aromatic heterocycles. The molecule has 0 spiro atoms. The van der Waals surface area contributed by atoms with Crippen molar-refractivity contribution in [2.45, 2.75) is 12.1 Å². The molecule has 2 N–H and O–H groups in total. The fourth-order valence-electron chi connectivity index (χ4n) is 2.74. The molecular formula is C17H19N3O. The van der Waals surface area contributed by atoms with Crippen LogP contribution in [0.2, 0.25) is 0 Å². The van der Waals surface area contributed by atoms with Gasteiger partial charge in [0.1, 0.15) is 0 Å². The first-order chi connectivity index (χ1) is 10.3. The topological polar surface area (TPSA) is 50.1 Å². The molecule has 0 saturated heterocycles. The summed E-state index contributed by atoms with van der Waals surface area (Å²) >= 11 is 0. The van der Waals surface area contributed by atoms with Crippen LogP contribution in [0.15, 0.2) is 60.9 Å². The van der Waals surface area contributed by atoms with E-state index in [1.165, 1.54) is 0 Å². The van der Waals surface area contributed by atoms with Gasteiger partial charge < -0.3 is 15.0 Å². The van der Waals surface area contributed by atoms with Gasteiger partial charge in [0, 0.05) is 6.54 Å². The van der Waals surface area contributed by atoms with E-state index < -0.39 is 6.10 Å². The van der Waals surface area contributed by atoms with Gasteiger partial charge in [0.05, 0.1) is 29.5 Å². The standard InChI is InChI=1S/C17H19N3O/c1-18-11-16(21)17(13-7-3-2-4-8-13)20-12-19-14-9-5-6-10-15(14)20/h2-10,12,16-18,21H,11H2,1H3/t16-,17+/m1/s1. The summed E-state index contributed by atoms with van der Waals surface area (Å²) in [5, 5.41) is 13.6. The number of hydrogen-bond donors (Lipinski definition) is 2. The highest BCUT2D eigenvalue weighted by Gasteiger charge is 2.23. The highest BCUT2D eigenvalue weighted by atomic mass is 16.3. The summed E-state index contributed by atoms with van der Waals surface area (Å²) < 4.78 is 2.05. The third kappa shape index (κ3) is 2.68. The number of nitrogens with zero attached hydrogens (tertiary/aromatic N) is 2. The van der Waals surface area contributed by atoms with Crippen LogP contribution in [0.4, 0.5) is 0 Å². The lowest BCUT2D eigenvalue weighted by atomic mass is 10.0. The van der Waals surface area contributed by atoms with Crippen molar-refractivity contribution < 1.29 is 5.11 Å². The van der Waals surface area contributed by atoms with Crippen molar-refractivity contribution >= 4 is 11.0 Å². The van der Waals surface area contributed by atoms with E-state index in [0.717, 1.165) is 16.6 Å². The van der Waals surface area contributed by atoms with E-state index in [2.05, 4.69) is 10.3 Å². The number of hydrogen-bond acceptors (Lipinski definition) is 3. The van der Waals surface area contributed by atoms with E-state index in [1.54, 1.807) is 6.33 Å². The first-order valence-corrected chi connectivity index (χ1v) is 7.10. The molecule has 0 fully saturated rings. The predicted octanol–water partition coefficient (Wildman–Crippen LogP) is 2.21. The summed E-state index contributed by atoms with van der Waals surface area (Å²) in [4.78, 5) is 4.44. The Balaban J connectivity index is 2.11. The zero-order valence-electron chi connectivity index (χ0n) is 12.0. The molecule has 4 nitrogen and oxygen atoms in total. The van der Waals surface area contributed by atoms with Gasteiger partial charge in [-0.15, -0.1) is 0 Å². The van der Waals surface area contributed by atoms with Crippen molar-refractivity contribution in [3.05, 3.63) is 66.5 Å². The summed E-state index contributed by atoms with van der Waals surface area (Å²) in [5.74, 6) is 0. The molecule has 108 valence electrons. The molecule has 0 unspecified atom stereocenters. The Morgan fingerprint density at radius 3 is 2.57 bits per heavy atom. The zero-order chi connectivity index (χ0) is 14.7. The Bertz CT molecular complexity index is 708. The van der Waals surface area contributed by atoms with Crippen LogP contribution in [0.25, 0.3) is 11.0 Å². The Labute approximate surface area is 124 Å². The third-order valence-electron chi connectivity index (χ3n) is 3.70. The number of aromatic nitrogens is 2. The van der Waals surface area contributed by atoms with E-state index in [1.807, 2.05) is 66.2 Å². The smallest absolute Gasteiger partial charge is 0.0965 e. The van der Waals surface area contributed by atoms with E-state index in [0.29, 0.717) is 6.54 Å². The molecule has 0 bridgehead atoms. The number of imidazole rings is 1. The van der Waals surface area contributed by atoms with Crippen molar-refractivity contribution in [1.82, 2.24) is 14.9 Å². The van der Waals surface area contributed by atoms with Crippen LogP contribution in [0.1, 0.15) is 11.6 Å². The van der Waals surface area contributed by atoms with E-state index in [9.17, 15) is 5.11 Å². The summed E-state index contributed by atoms with van der Waals surface area (Å²) in [6.45, 7) is 0.520. The number of likely N-dealkylation sites (N-methyl/N-ethyl adjacent to an activating group) is 1. The fourth-order valence-corrected chi connectivity index (χ4v) is 2.74. The quantitative estimate of drug-likeness (QED) is 0.754. The maximum absolute atomic E-state index is 10.6. The third-order valence-corrected chi connectivity index (χ3v) is 3.70. The number of para-hydroxylation sites is 2. The van der Waals surface area contributed by atoms with Crippen LogP contribution < -0.4 is 5.32 Å². The van der Waals surface area contributed by atoms with Gasteiger partial charge in [0.25, 0.3) is 0 Å². The van der Waals surface area contributed by atoms with Gasteiger partial charge in [-0.25, -0.2) is 4.98 Å². The molecule has 2 aromatic carbocycles. The van der Waals surface area contributed by atoms with Gasteiger partial charge in [0.15, 0.2) is 0 Å². The summed E-state index contributed by atoms with van der Waals surface area (Å²) in [6, 6.07) is 17.9. The van der Waals surface area contributed by atoms with Crippen LogP contribution in [0.5, 0.6) is 0 Å². The van der Waals surface area contributed by atoms with Crippen LogP contribution in [-0.2, 0) is 0 Å². The molecule has 2 atom stereocenters. The van der Waals surface area contributed by atoms with Crippen molar-refractivity contribution in [3.8, 4) is 0 Å². The second kappa shape index (κ2) is 6.08. The molecule has 0 aliphatic heterocycles. The Kier molecular flexibility index (Phi) is 3.99. The number of nitrogens with one attached hydrogen (secondary N) is 1. The molecular weight excluding hydrogens is 262 g/mol. The SMILES string of the molecule is CNC[C@@H](O)[C@H](c1ccccc1)n1cnc2ccccc21. The highest BCUT2D eigenvalue weighted by molar-refractivity contribution is 5.75. The summed E-state index contributed by atoms with van der Waals surface area (Å²) in [5.41, 5.74) is 3.04. The van der Waals surface area contributed by atoms with Crippen molar-refractivity contribution in [2.75, 3.05) is 13.6 Å². The second-order valence-electron chi connectivity index (χ2n) is 5.12. The molecule has 21 heavy (non-hydrogen) atoms. The molecule has 1 heterocycles. The molecule has 3 rings (SSSR count). The summed E-state index contributed by atoms with van der Waals surface area (Å²) in [7, 11) is 1.84. The minimum Gasteiger partial charge on any atom is -0.389 e. The largest absolute Gasteiger partial charge is 0.389 e. The van der Waals surface area contributed by atoms with Crippen molar-refractivity contribution in [2.24, 2.45) is 0 Å². The maximum Gasteiger partial charge on any atom is 0.0965 e. The lowest BCUT2D eigenvalue weighted by Crippen LogP contribution is -2.33. The van der Waals surface area contributed by atoms with Crippen LogP contribution in [0, 0.1) is 0 Å². The normalized spacial score (nSPS) is 14.2. The van der Waals surface area contributed by atoms with Gasteiger partial charge in [-0.1, -0.05) is 42.5 Å². The molecule has 0 radical (unpaired) electrons. The molecule has 0 aliphatic rings. The van der Waals surface area contributed by atoms with Gasteiger partial charge in [-0.2, -0.15) is 0 Å². The minimum atomic E-state index is -0.532. The first-order valence-electron chi connectivity index (χ1n) is 7.10. The second-order valence-corrected chi connectivity index (χ2v) is 5.12. The Morgan fingerprint density at radius 2 is 1.81 bits per heavy atom. The van der Waals surface area contributed by atoms with Crippen LogP contribution >= 0.6 is 0 Å². The number of fused-ring (bicyclic) bond motifs is 1. The number of aliphatic hydroxyl groups is 1. The van der Waals surface area contributed by atoms with Crippen LogP contribution in [-0.4, -0.2) is 34.4 Å². The molecule has 3 aromatic rings. The molecule has 0 aliphatic carbocycles. The van der Waals surface area contributed by atoms with E-state index in [-0.39, 0.29) is 6.04 Å². The Hall–Kier alpha value is -2.17. The van der Waals surface area contributed by atoms with Crippen LogP contribution in [0.3, 0.4) is 0 Å². The number of benzene rings is 2. The lowest BCUT2D eigenvalue weighted by Gasteiger charge is -2.25. The number of rotatable bonds is 5.